The molecular weight excluding hydrogens is 520 g/mol. The summed E-state index contributed by atoms with van der Waals surface area (Å²) in [5.74, 6) is 1.39. The van der Waals surface area contributed by atoms with Gasteiger partial charge in [-0.2, -0.15) is 5.21 Å². The number of unbranched alkanes of at least 4 members (excludes halogenated alkanes) is 1. The Morgan fingerprint density at radius 1 is 1.12 bits per heavy atom. The number of hydrogen-bond donors (Lipinski definition) is 2. The summed E-state index contributed by atoms with van der Waals surface area (Å²) in [7, 11) is 0. The summed E-state index contributed by atoms with van der Waals surface area (Å²) in [6.07, 6.45) is 4.91. The van der Waals surface area contributed by atoms with E-state index in [-0.39, 0.29) is 6.61 Å². The molecule has 174 valence electrons. The molecule has 9 nitrogen and oxygen atoms in total. The van der Waals surface area contributed by atoms with Crippen LogP contribution in [0, 0.1) is 0 Å². The lowest BCUT2D eigenvalue weighted by molar-refractivity contribution is 0.271. The van der Waals surface area contributed by atoms with Crippen LogP contribution in [0.4, 0.5) is 0 Å². The highest BCUT2D eigenvalue weighted by atomic mass is 79.9. The van der Waals surface area contributed by atoms with Crippen LogP contribution in [0.25, 0.3) is 28.3 Å². The van der Waals surface area contributed by atoms with Crippen molar-refractivity contribution in [2.45, 2.75) is 39.3 Å². The van der Waals surface area contributed by atoms with Crippen LogP contribution >= 0.6 is 27.5 Å². The van der Waals surface area contributed by atoms with E-state index in [0.717, 1.165) is 57.7 Å². The molecule has 2 N–H and O–H groups in total. The molecule has 0 fully saturated rings. The molecule has 0 atom stereocenters. The molecule has 0 saturated carbocycles. The second-order valence-corrected chi connectivity index (χ2v) is 9.02. The Morgan fingerprint density at radius 3 is 2.68 bits per heavy atom. The highest BCUT2D eigenvalue weighted by Gasteiger charge is 2.19. The van der Waals surface area contributed by atoms with Crippen molar-refractivity contribution in [1.29, 1.82) is 0 Å². The number of imidazole rings is 2. The normalized spacial score (nSPS) is 11.5. The Balaban J connectivity index is 1.55. The predicted octanol–water partition coefficient (Wildman–Crippen LogP) is 4.68. The zero-order valence-corrected chi connectivity index (χ0v) is 20.8. The number of rotatable bonds is 8. The van der Waals surface area contributed by atoms with Crippen molar-refractivity contribution in [3.8, 4) is 22.6 Å². The molecule has 0 aliphatic rings. The Labute approximate surface area is 209 Å². The molecule has 0 saturated heterocycles. The zero-order valence-electron chi connectivity index (χ0n) is 18.4. The summed E-state index contributed by atoms with van der Waals surface area (Å²) < 4.78 is 4.83. The standard InChI is InChI=1S/C23H22BrClN8O/c1-2-3-8-18-27-22(25)17(13-34)32(18)11-14-9-10-19-26-20(21(24)33(19)12-14)15-6-4-5-7-16(15)23-28-30-31-29-23/h4-7,9-10,12,34H,2-3,8,11,13H2,1H3,(H,28,29,30,31). The number of aryl methyl sites for hydroxylation is 1. The van der Waals surface area contributed by atoms with E-state index in [9.17, 15) is 5.11 Å². The van der Waals surface area contributed by atoms with Crippen molar-refractivity contribution >= 4 is 33.2 Å². The van der Waals surface area contributed by atoms with Gasteiger partial charge in [0, 0.05) is 23.7 Å². The first kappa shape index (κ1) is 22.7. The van der Waals surface area contributed by atoms with Gasteiger partial charge in [0.15, 0.2) is 5.15 Å². The zero-order chi connectivity index (χ0) is 23.7. The van der Waals surface area contributed by atoms with E-state index in [0.29, 0.717) is 23.2 Å². The SMILES string of the molecule is CCCCc1nc(Cl)c(CO)n1Cc1ccc2nc(-c3ccccc3-c3nn[nH]n3)c(Br)n2c1. The minimum absolute atomic E-state index is 0.161. The maximum atomic E-state index is 9.88. The lowest BCUT2D eigenvalue weighted by Crippen LogP contribution is -2.09. The molecule has 34 heavy (non-hydrogen) atoms. The number of fused-ring (bicyclic) bond motifs is 1. The van der Waals surface area contributed by atoms with Gasteiger partial charge in [0.25, 0.3) is 0 Å². The summed E-state index contributed by atoms with van der Waals surface area (Å²) >= 11 is 10.1. The van der Waals surface area contributed by atoms with Crippen molar-refractivity contribution in [2.24, 2.45) is 0 Å². The average Bonchev–Trinajstić information content (AvgIpc) is 3.57. The van der Waals surface area contributed by atoms with Gasteiger partial charge in [-0.1, -0.05) is 55.3 Å². The minimum Gasteiger partial charge on any atom is -0.390 e. The molecule has 4 aromatic heterocycles. The van der Waals surface area contributed by atoms with E-state index >= 15 is 0 Å². The molecule has 0 amide bonds. The number of hydrogen-bond acceptors (Lipinski definition) is 6. The van der Waals surface area contributed by atoms with Gasteiger partial charge in [0.2, 0.25) is 5.82 Å². The summed E-state index contributed by atoms with van der Waals surface area (Å²) in [6.45, 7) is 2.52. The number of aliphatic hydroxyl groups is 1. The van der Waals surface area contributed by atoms with Gasteiger partial charge in [0.1, 0.15) is 21.8 Å². The third-order valence-corrected chi connectivity index (χ3v) is 6.80. The van der Waals surface area contributed by atoms with Gasteiger partial charge in [-0.25, -0.2) is 9.97 Å². The second kappa shape index (κ2) is 9.65. The third kappa shape index (κ3) is 4.13. The van der Waals surface area contributed by atoms with Gasteiger partial charge >= 0.3 is 0 Å². The summed E-state index contributed by atoms with van der Waals surface area (Å²) in [4.78, 5) is 9.34. The number of halogens is 2. The van der Waals surface area contributed by atoms with Gasteiger partial charge < -0.3 is 9.67 Å². The number of aromatic nitrogens is 8. The summed E-state index contributed by atoms with van der Waals surface area (Å²) in [5.41, 5.74) is 4.97. The van der Waals surface area contributed by atoms with Gasteiger partial charge in [0.05, 0.1) is 18.8 Å². The molecular formula is C23H22BrClN8O. The van der Waals surface area contributed by atoms with Crippen molar-refractivity contribution in [2.75, 3.05) is 0 Å². The van der Waals surface area contributed by atoms with E-state index in [1.165, 1.54) is 0 Å². The molecule has 4 heterocycles. The molecule has 0 spiro atoms. The van der Waals surface area contributed by atoms with Crippen LogP contribution in [0.1, 0.15) is 36.8 Å². The van der Waals surface area contributed by atoms with Crippen molar-refractivity contribution in [1.82, 2.24) is 39.6 Å². The Morgan fingerprint density at radius 2 is 1.94 bits per heavy atom. The first-order chi connectivity index (χ1) is 16.6. The molecule has 0 bridgehead atoms. The fourth-order valence-electron chi connectivity index (χ4n) is 4.04. The fourth-order valence-corrected chi connectivity index (χ4v) is 4.88. The van der Waals surface area contributed by atoms with Crippen molar-refractivity contribution in [3.05, 3.63) is 69.4 Å². The number of nitrogens with one attached hydrogen (secondary N) is 1. The maximum Gasteiger partial charge on any atom is 0.205 e. The van der Waals surface area contributed by atoms with Crippen LogP contribution in [0.5, 0.6) is 0 Å². The predicted molar refractivity (Wildman–Crippen MR) is 132 cm³/mol. The number of benzene rings is 1. The Hall–Kier alpha value is -3.08. The number of tetrazole rings is 1. The summed E-state index contributed by atoms with van der Waals surface area (Å²) in [5, 5.41) is 24.7. The Kier molecular flexibility index (Phi) is 6.44. The van der Waals surface area contributed by atoms with Crippen molar-refractivity contribution < 1.29 is 5.11 Å². The van der Waals surface area contributed by atoms with Crippen LogP contribution < -0.4 is 0 Å². The van der Waals surface area contributed by atoms with Crippen LogP contribution in [0.3, 0.4) is 0 Å². The first-order valence-electron chi connectivity index (χ1n) is 10.9. The average molecular weight is 542 g/mol. The molecule has 0 radical (unpaired) electrons. The van der Waals surface area contributed by atoms with Crippen molar-refractivity contribution in [3.63, 3.8) is 0 Å². The number of aliphatic hydroxyl groups excluding tert-OH is 1. The highest BCUT2D eigenvalue weighted by molar-refractivity contribution is 9.10. The van der Waals surface area contributed by atoms with E-state index in [4.69, 9.17) is 16.6 Å². The number of H-pyrrole nitrogens is 1. The van der Waals surface area contributed by atoms with Crippen LogP contribution in [0.2, 0.25) is 5.15 Å². The highest BCUT2D eigenvalue weighted by Crippen LogP contribution is 2.35. The molecule has 1 aromatic carbocycles. The molecule has 11 heteroatoms. The van der Waals surface area contributed by atoms with E-state index < -0.39 is 0 Å². The summed E-state index contributed by atoms with van der Waals surface area (Å²) in [6, 6.07) is 11.8. The smallest absolute Gasteiger partial charge is 0.205 e. The maximum absolute atomic E-state index is 9.88. The van der Waals surface area contributed by atoms with E-state index in [2.05, 4.69) is 48.5 Å². The largest absolute Gasteiger partial charge is 0.390 e. The molecule has 0 aliphatic carbocycles. The first-order valence-corrected chi connectivity index (χ1v) is 12.1. The van der Waals surface area contributed by atoms with Gasteiger partial charge in [-0.3, -0.25) is 4.40 Å². The lowest BCUT2D eigenvalue weighted by Gasteiger charge is -2.11. The number of aromatic amines is 1. The minimum atomic E-state index is -0.161. The van der Waals surface area contributed by atoms with Gasteiger partial charge in [-0.15, -0.1) is 10.2 Å². The topological polar surface area (TPSA) is 110 Å². The second-order valence-electron chi connectivity index (χ2n) is 7.91. The molecule has 0 aliphatic heterocycles. The fraction of sp³-hybridized carbons (Fsp3) is 0.261. The van der Waals surface area contributed by atoms with E-state index in [1.807, 2.05) is 51.6 Å². The molecule has 5 rings (SSSR count). The van der Waals surface area contributed by atoms with Crippen LogP contribution in [-0.2, 0) is 19.6 Å². The lowest BCUT2D eigenvalue weighted by atomic mass is 10.0. The monoisotopic (exact) mass is 540 g/mol. The third-order valence-electron chi connectivity index (χ3n) is 5.74. The molecule has 5 aromatic rings. The quantitative estimate of drug-likeness (QED) is 0.295. The van der Waals surface area contributed by atoms with E-state index in [1.54, 1.807) is 0 Å². The van der Waals surface area contributed by atoms with Crippen LogP contribution in [-0.4, -0.2) is 44.7 Å². The Bertz CT molecular complexity index is 1440. The number of nitrogens with zero attached hydrogens (tertiary/aromatic N) is 7. The number of pyridine rings is 1. The van der Waals surface area contributed by atoms with Gasteiger partial charge in [-0.05, 0) is 39.2 Å². The van der Waals surface area contributed by atoms with Crippen LogP contribution in [0.15, 0.2) is 47.2 Å². The molecule has 0 unspecified atom stereocenters.